The summed E-state index contributed by atoms with van der Waals surface area (Å²) in [5.41, 5.74) is 2.54. The lowest BCUT2D eigenvalue weighted by atomic mass is 9.90. The van der Waals surface area contributed by atoms with E-state index in [0.29, 0.717) is 11.4 Å². The van der Waals surface area contributed by atoms with Gasteiger partial charge in [-0.15, -0.1) is 0 Å². The second-order valence-electron chi connectivity index (χ2n) is 7.42. The van der Waals surface area contributed by atoms with Crippen LogP contribution >= 0.6 is 0 Å². The van der Waals surface area contributed by atoms with E-state index in [2.05, 4.69) is 0 Å². The van der Waals surface area contributed by atoms with Gasteiger partial charge >= 0.3 is 0 Å². The van der Waals surface area contributed by atoms with Crippen LogP contribution in [-0.2, 0) is 9.59 Å². The van der Waals surface area contributed by atoms with Gasteiger partial charge in [-0.05, 0) is 48.2 Å². The number of methoxy groups -OCH3 is 1. The number of hydrogen-bond donors (Lipinski definition) is 1. The van der Waals surface area contributed by atoms with Crippen molar-refractivity contribution in [3.63, 3.8) is 0 Å². The lowest BCUT2D eigenvalue weighted by Gasteiger charge is -2.28. The van der Waals surface area contributed by atoms with Crippen LogP contribution in [-0.4, -0.2) is 23.9 Å². The van der Waals surface area contributed by atoms with Gasteiger partial charge in [0.25, 0.3) is 5.91 Å². The zero-order valence-electron chi connectivity index (χ0n) is 16.6. The molecule has 1 amide bonds. The lowest BCUT2D eigenvalue weighted by molar-refractivity contribution is -0.118. The molecule has 1 aliphatic rings. The van der Waals surface area contributed by atoms with Gasteiger partial charge in [-0.2, -0.15) is 0 Å². The first-order valence-corrected chi connectivity index (χ1v) is 9.34. The van der Waals surface area contributed by atoms with Crippen molar-refractivity contribution in [2.24, 2.45) is 5.92 Å². The zero-order chi connectivity index (χ0) is 20.4. The molecule has 2 aromatic rings. The molecule has 0 aromatic heterocycles. The van der Waals surface area contributed by atoms with Crippen LogP contribution in [0, 0.1) is 12.8 Å². The predicted octanol–water partition coefficient (Wildman–Crippen LogP) is 4.52. The number of rotatable bonds is 6. The first-order valence-electron chi connectivity index (χ1n) is 9.34. The number of ketones is 1. The number of aliphatic hydroxyl groups excluding tert-OH is 1. The van der Waals surface area contributed by atoms with Gasteiger partial charge in [-0.3, -0.25) is 14.5 Å². The summed E-state index contributed by atoms with van der Waals surface area (Å²) < 4.78 is 5.20. The normalized spacial score (nSPS) is 16.8. The van der Waals surface area contributed by atoms with Gasteiger partial charge in [0.05, 0.1) is 18.7 Å². The van der Waals surface area contributed by atoms with E-state index >= 15 is 0 Å². The number of benzene rings is 2. The maximum absolute atomic E-state index is 13.0. The van der Waals surface area contributed by atoms with E-state index in [0.717, 1.165) is 11.1 Å². The van der Waals surface area contributed by atoms with Crippen LogP contribution in [0.5, 0.6) is 5.75 Å². The van der Waals surface area contributed by atoms with Crippen molar-refractivity contribution < 1.29 is 19.4 Å². The summed E-state index contributed by atoms with van der Waals surface area (Å²) in [5, 5.41) is 10.6. The number of carbonyl (C=O) groups excluding carboxylic acids is 2. The molecule has 1 N–H and O–H groups in total. The topological polar surface area (TPSA) is 66.8 Å². The molecule has 3 rings (SSSR count). The Kier molecular flexibility index (Phi) is 5.54. The smallest absolute Gasteiger partial charge is 0.294 e. The van der Waals surface area contributed by atoms with E-state index in [1.807, 2.05) is 45.0 Å². The van der Waals surface area contributed by atoms with Gasteiger partial charge in [0.1, 0.15) is 5.75 Å². The third-order valence-corrected chi connectivity index (χ3v) is 4.94. The van der Waals surface area contributed by atoms with E-state index in [-0.39, 0.29) is 23.7 Å². The molecule has 5 heteroatoms. The molecule has 1 heterocycles. The molecule has 5 nitrogen and oxygen atoms in total. The predicted molar refractivity (Wildman–Crippen MR) is 109 cm³/mol. The van der Waals surface area contributed by atoms with E-state index in [4.69, 9.17) is 4.74 Å². The lowest BCUT2D eigenvalue weighted by Crippen LogP contribution is -2.31. The van der Waals surface area contributed by atoms with Gasteiger partial charge < -0.3 is 9.84 Å². The highest BCUT2D eigenvalue weighted by molar-refractivity contribution is 6.16. The van der Waals surface area contributed by atoms with Crippen molar-refractivity contribution >= 4 is 17.4 Å². The molecule has 0 aliphatic carbocycles. The van der Waals surface area contributed by atoms with Crippen molar-refractivity contribution in [3.05, 3.63) is 71.0 Å². The van der Waals surface area contributed by atoms with Gasteiger partial charge in [-0.1, -0.05) is 38.1 Å². The van der Waals surface area contributed by atoms with Crippen LogP contribution in [0.15, 0.2) is 59.9 Å². The third-order valence-electron chi connectivity index (χ3n) is 4.94. The molecular weight excluding hydrogens is 354 g/mol. The van der Waals surface area contributed by atoms with Crippen LogP contribution in [0.4, 0.5) is 5.69 Å². The number of aliphatic hydroxyl groups is 1. The fourth-order valence-corrected chi connectivity index (χ4v) is 3.57. The molecule has 0 spiro atoms. The Labute approximate surface area is 165 Å². The van der Waals surface area contributed by atoms with Gasteiger partial charge in [0.15, 0.2) is 11.5 Å². The molecule has 146 valence electrons. The Morgan fingerprint density at radius 3 is 2.36 bits per heavy atom. The summed E-state index contributed by atoms with van der Waals surface area (Å²) in [5.74, 6) is -0.447. The number of carbonyl (C=O) groups is 2. The molecule has 0 bridgehead atoms. The van der Waals surface area contributed by atoms with Crippen LogP contribution in [0.2, 0.25) is 0 Å². The molecule has 1 aliphatic heterocycles. The monoisotopic (exact) mass is 379 g/mol. The van der Waals surface area contributed by atoms with E-state index in [1.165, 1.54) is 4.90 Å². The number of hydrogen-bond acceptors (Lipinski definition) is 4. The van der Waals surface area contributed by atoms with Gasteiger partial charge in [0.2, 0.25) is 0 Å². The second-order valence-corrected chi connectivity index (χ2v) is 7.42. The Balaban J connectivity index is 2.15. The number of amides is 1. The molecular formula is C23H25NO4. The van der Waals surface area contributed by atoms with Gasteiger partial charge in [-0.25, -0.2) is 0 Å². The minimum absolute atomic E-state index is 0.121. The van der Waals surface area contributed by atoms with Crippen molar-refractivity contribution in [3.8, 4) is 5.75 Å². The van der Waals surface area contributed by atoms with Crippen LogP contribution in [0.1, 0.15) is 37.4 Å². The number of Topliss-reactive ketones (excluding diaryl/α,β-unsaturated/α-hetero) is 1. The quantitative estimate of drug-likeness (QED) is 0.801. The Hall–Kier alpha value is -3.08. The molecule has 0 saturated carbocycles. The molecule has 2 aromatic carbocycles. The van der Waals surface area contributed by atoms with Crippen molar-refractivity contribution in [2.75, 3.05) is 12.0 Å². The second kappa shape index (κ2) is 7.89. The van der Waals surface area contributed by atoms with E-state index in [9.17, 15) is 14.7 Å². The largest absolute Gasteiger partial charge is 0.503 e. The van der Waals surface area contributed by atoms with E-state index in [1.54, 1.807) is 31.4 Å². The van der Waals surface area contributed by atoms with Crippen LogP contribution in [0.3, 0.4) is 0 Å². The third kappa shape index (κ3) is 3.52. The van der Waals surface area contributed by atoms with Crippen LogP contribution < -0.4 is 9.64 Å². The molecule has 0 saturated heterocycles. The average molecular weight is 379 g/mol. The van der Waals surface area contributed by atoms with Crippen molar-refractivity contribution in [1.82, 2.24) is 0 Å². The van der Waals surface area contributed by atoms with Crippen LogP contribution in [0.25, 0.3) is 0 Å². The summed E-state index contributed by atoms with van der Waals surface area (Å²) in [4.78, 5) is 27.4. The summed E-state index contributed by atoms with van der Waals surface area (Å²) in [7, 11) is 1.57. The zero-order valence-corrected chi connectivity index (χ0v) is 16.6. The number of nitrogens with zero attached hydrogens (tertiary/aromatic N) is 1. The fraction of sp³-hybridized carbons (Fsp3) is 0.304. The van der Waals surface area contributed by atoms with Crippen molar-refractivity contribution in [1.29, 1.82) is 0 Å². The molecule has 1 atom stereocenters. The molecule has 0 radical (unpaired) electrons. The highest BCUT2D eigenvalue weighted by atomic mass is 16.5. The first kappa shape index (κ1) is 19.7. The maximum Gasteiger partial charge on any atom is 0.294 e. The highest BCUT2D eigenvalue weighted by Gasteiger charge is 2.44. The Morgan fingerprint density at radius 1 is 1.14 bits per heavy atom. The average Bonchev–Trinajstić information content (AvgIpc) is 2.93. The molecule has 1 unspecified atom stereocenters. The Morgan fingerprint density at radius 2 is 1.79 bits per heavy atom. The summed E-state index contributed by atoms with van der Waals surface area (Å²) in [6.45, 7) is 5.82. The SMILES string of the molecule is COc1ccc(N2C(=O)C(O)=C(C(=O)CC(C)C)C2c2ccccc2C)cc1. The standard InChI is InChI=1S/C23H25NO4/c1-14(2)13-19(25)20-21(18-8-6-5-7-15(18)3)24(23(27)22(20)26)16-9-11-17(28-4)12-10-16/h5-12,14,21,26H,13H2,1-4H3. The summed E-state index contributed by atoms with van der Waals surface area (Å²) >= 11 is 0. The fourth-order valence-electron chi connectivity index (χ4n) is 3.57. The molecule has 28 heavy (non-hydrogen) atoms. The Bertz CT molecular complexity index is 928. The minimum atomic E-state index is -0.659. The highest BCUT2D eigenvalue weighted by Crippen LogP contribution is 2.42. The van der Waals surface area contributed by atoms with Crippen molar-refractivity contribution in [2.45, 2.75) is 33.2 Å². The number of aryl methyl sites for hydroxylation is 1. The molecule has 0 fully saturated rings. The minimum Gasteiger partial charge on any atom is -0.503 e. The summed E-state index contributed by atoms with van der Waals surface area (Å²) in [6.07, 6.45) is 0.269. The maximum atomic E-state index is 13.0. The first-order chi connectivity index (χ1) is 13.3. The number of ether oxygens (including phenoxy) is 1. The number of anilines is 1. The van der Waals surface area contributed by atoms with Gasteiger partial charge in [0, 0.05) is 12.1 Å². The van der Waals surface area contributed by atoms with E-state index < -0.39 is 17.7 Å². The summed E-state index contributed by atoms with van der Waals surface area (Å²) in [6, 6.07) is 14.0.